The van der Waals surface area contributed by atoms with Crippen LogP contribution < -0.4 is 5.32 Å². The highest BCUT2D eigenvalue weighted by molar-refractivity contribution is 7.91. The van der Waals surface area contributed by atoms with Gasteiger partial charge in [0.15, 0.2) is 9.84 Å². The summed E-state index contributed by atoms with van der Waals surface area (Å²) >= 11 is 1.24. The van der Waals surface area contributed by atoms with E-state index in [-0.39, 0.29) is 11.5 Å². The predicted molar refractivity (Wildman–Crippen MR) is 84.8 cm³/mol. The van der Waals surface area contributed by atoms with Crippen LogP contribution in [0.5, 0.6) is 0 Å². The van der Waals surface area contributed by atoms with Gasteiger partial charge < -0.3 is 10.4 Å². The normalized spacial score (nSPS) is 11.9. The molecule has 0 saturated carbocycles. The molecule has 7 heteroatoms. The molecule has 0 aliphatic heterocycles. The third kappa shape index (κ3) is 3.81. The van der Waals surface area contributed by atoms with Crippen LogP contribution in [0.4, 0.5) is 0 Å². The molecular weight excluding hydrogens is 310 g/mol. The number of nitrogens with one attached hydrogen (secondary N) is 1. The van der Waals surface area contributed by atoms with E-state index in [0.29, 0.717) is 18.0 Å². The van der Waals surface area contributed by atoms with Gasteiger partial charge in [0.25, 0.3) is 0 Å². The Kier molecular flexibility index (Phi) is 4.97. The zero-order chi connectivity index (χ0) is 15.5. The minimum absolute atomic E-state index is 0.0635. The van der Waals surface area contributed by atoms with E-state index in [1.807, 2.05) is 24.3 Å². The van der Waals surface area contributed by atoms with Crippen molar-refractivity contribution < 1.29 is 18.3 Å². The monoisotopic (exact) mass is 327 g/mol. The van der Waals surface area contributed by atoms with Crippen LogP contribution in [0.15, 0.2) is 24.3 Å². The second-order valence-corrected chi connectivity index (χ2v) is 8.15. The maximum atomic E-state index is 11.4. The Morgan fingerprint density at radius 3 is 2.71 bits per heavy atom. The molecule has 0 bridgehead atoms. The van der Waals surface area contributed by atoms with Gasteiger partial charge in [-0.3, -0.25) is 0 Å². The molecular formula is C14H17NO4S2. The second-order valence-electron chi connectivity index (χ2n) is 4.62. The zero-order valence-electron chi connectivity index (χ0n) is 11.6. The van der Waals surface area contributed by atoms with Gasteiger partial charge in [0.05, 0.1) is 5.75 Å². The highest BCUT2D eigenvalue weighted by Crippen LogP contribution is 2.31. The van der Waals surface area contributed by atoms with Crippen molar-refractivity contribution in [2.45, 2.75) is 13.5 Å². The Morgan fingerprint density at radius 1 is 1.33 bits per heavy atom. The molecule has 0 aliphatic rings. The molecule has 0 radical (unpaired) electrons. The SMILES string of the molecule is CCS(=O)(=O)CCNCc1c(C(=O)O)sc2ccccc12. The number of hydrogen-bond donors (Lipinski definition) is 2. The Bertz CT molecular complexity index is 749. The van der Waals surface area contributed by atoms with E-state index in [0.717, 1.165) is 15.6 Å². The van der Waals surface area contributed by atoms with E-state index in [9.17, 15) is 18.3 Å². The molecule has 0 saturated heterocycles. The fraction of sp³-hybridized carbons (Fsp3) is 0.357. The van der Waals surface area contributed by atoms with Gasteiger partial charge in [-0.25, -0.2) is 13.2 Å². The van der Waals surface area contributed by atoms with E-state index in [1.165, 1.54) is 11.3 Å². The van der Waals surface area contributed by atoms with Crippen LogP contribution in [0.3, 0.4) is 0 Å². The van der Waals surface area contributed by atoms with E-state index in [2.05, 4.69) is 5.32 Å². The van der Waals surface area contributed by atoms with E-state index < -0.39 is 15.8 Å². The van der Waals surface area contributed by atoms with E-state index in [1.54, 1.807) is 6.92 Å². The van der Waals surface area contributed by atoms with Crippen LogP contribution in [0, 0.1) is 0 Å². The summed E-state index contributed by atoms with van der Waals surface area (Å²) in [6.07, 6.45) is 0. The summed E-state index contributed by atoms with van der Waals surface area (Å²) in [7, 11) is -3.01. The molecule has 1 heterocycles. The smallest absolute Gasteiger partial charge is 0.346 e. The molecule has 0 spiro atoms. The van der Waals surface area contributed by atoms with Gasteiger partial charge >= 0.3 is 5.97 Å². The number of benzene rings is 1. The van der Waals surface area contributed by atoms with Crippen molar-refractivity contribution >= 4 is 37.2 Å². The molecule has 0 amide bonds. The number of aromatic carboxylic acids is 1. The summed E-state index contributed by atoms with van der Waals surface area (Å²) < 4.78 is 23.8. The third-order valence-electron chi connectivity index (χ3n) is 3.22. The lowest BCUT2D eigenvalue weighted by atomic mass is 10.1. The zero-order valence-corrected chi connectivity index (χ0v) is 13.3. The summed E-state index contributed by atoms with van der Waals surface area (Å²) in [6.45, 7) is 2.29. The highest BCUT2D eigenvalue weighted by atomic mass is 32.2. The first-order chi connectivity index (χ1) is 9.94. The summed E-state index contributed by atoms with van der Waals surface area (Å²) in [5, 5.41) is 13.2. The van der Waals surface area contributed by atoms with E-state index in [4.69, 9.17) is 0 Å². The van der Waals surface area contributed by atoms with Crippen molar-refractivity contribution in [1.82, 2.24) is 5.32 Å². The summed E-state index contributed by atoms with van der Waals surface area (Å²) in [4.78, 5) is 11.6. The minimum atomic E-state index is -3.01. The molecule has 5 nitrogen and oxygen atoms in total. The lowest BCUT2D eigenvalue weighted by Crippen LogP contribution is -2.24. The first-order valence-corrected chi connectivity index (χ1v) is 9.23. The molecule has 1 aromatic heterocycles. The number of hydrogen-bond acceptors (Lipinski definition) is 5. The van der Waals surface area contributed by atoms with Crippen molar-refractivity contribution in [3.05, 3.63) is 34.7 Å². The number of thiophene rings is 1. The Labute approximate surface area is 127 Å². The molecule has 0 fully saturated rings. The topological polar surface area (TPSA) is 83.5 Å². The number of rotatable bonds is 7. The average Bonchev–Trinajstić information content (AvgIpc) is 2.83. The molecule has 114 valence electrons. The molecule has 0 unspecified atom stereocenters. The molecule has 2 aromatic rings. The second kappa shape index (κ2) is 6.55. The number of sulfone groups is 1. The fourth-order valence-corrected chi connectivity index (χ4v) is 3.84. The lowest BCUT2D eigenvalue weighted by molar-refractivity contribution is 0.0701. The van der Waals surface area contributed by atoms with Gasteiger partial charge in [0.1, 0.15) is 4.88 Å². The lowest BCUT2D eigenvalue weighted by Gasteiger charge is -2.05. The van der Waals surface area contributed by atoms with Crippen molar-refractivity contribution in [3.63, 3.8) is 0 Å². The van der Waals surface area contributed by atoms with Crippen LogP contribution in [0.2, 0.25) is 0 Å². The summed E-state index contributed by atoms with van der Waals surface area (Å²) in [5.41, 5.74) is 0.719. The number of carboxylic acids is 1. The fourth-order valence-electron chi connectivity index (χ4n) is 2.03. The third-order valence-corrected chi connectivity index (χ3v) is 6.13. The minimum Gasteiger partial charge on any atom is -0.477 e. The quantitative estimate of drug-likeness (QED) is 0.761. The van der Waals surface area contributed by atoms with Gasteiger partial charge in [-0.05, 0) is 17.0 Å². The van der Waals surface area contributed by atoms with Crippen molar-refractivity contribution in [3.8, 4) is 0 Å². The van der Waals surface area contributed by atoms with Gasteiger partial charge in [-0.15, -0.1) is 11.3 Å². The Morgan fingerprint density at radius 2 is 2.05 bits per heavy atom. The maximum Gasteiger partial charge on any atom is 0.346 e. The predicted octanol–water partition coefficient (Wildman–Crippen LogP) is 2.12. The largest absolute Gasteiger partial charge is 0.477 e. The standard InChI is InChI=1S/C14H17NO4S2/c1-2-21(18,19)8-7-15-9-11-10-5-3-4-6-12(10)20-13(11)14(16)17/h3-6,15H,2,7-9H2,1H3,(H,16,17). The van der Waals surface area contributed by atoms with Gasteiger partial charge in [-0.1, -0.05) is 25.1 Å². The molecule has 1 aromatic carbocycles. The first kappa shape index (κ1) is 15.9. The number of carbonyl (C=O) groups is 1. The number of fused-ring (bicyclic) bond motifs is 1. The summed E-state index contributed by atoms with van der Waals surface area (Å²) in [5.74, 6) is -0.765. The Balaban J connectivity index is 2.14. The first-order valence-electron chi connectivity index (χ1n) is 6.59. The van der Waals surface area contributed by atoms with Gasteiger partial charge in [0, 0.05) is 23.5 Å². The van der Waals surface area contributed by atoms with Gasteiger partial charge in [-0.2, -0.15) is 0 Å². The maximum absolute atomic E-state index is 11.4. The summed E-state index contributed by atoms with van der Waals surface area (Å²) in [6, 6.07) is 7.51. The van der Waals surface area contributed by atoms with Crippen LogP contribution in [0.25, 0.3) is 10.1 Å². The molecule has 0 atom stereocenters. The average molecular weight is 327 g/mol. The van der Waals surface area contributed by atoms with Crippen molar-refractivity contribution in [1.29, 1.82) is 0 Å². The van der Waals surface area contributed by atoms with Gasteiger partial charge in [0.2, 0.25) is 0 Å². The van der Waals surface area contributed by atoms with Crippen LogP contribution in [-0.4, -0.2) is 37.5 Å². The molecule has 0 aliphatic carbocycles. The molecule has 2 N–H and O–H groups in total. The highest BCUT2D eigenvalue weighted by Gasteiger charge is 2.17. The van der Waals surface area contributed by atoms with Crippen molar-refractivity contribution in [2.75, 3.05) is 18.1 Å². The van der Waals surface area contributed by atoms with Crippen LogP contribution >= 0.6 is 11.3 Å². The Hall–Kier alpha value is -1.44. The van der Waals surface area contributed by atoms with Crippen LogP contribution in [-0.2, 0) is 16.4 Å². The van der Waals surface area contributed by atoms with E-state index >= 15 is 0 Å². The van der Waals surface area contributed by atoms with Crippen molar-refractivity contribution in [2.24, 2.45) is 0 Å². The molecule has 2 rings (SSSR count). The van der Waals surface area contributed by atoms with Crippen LogP contribution in [0.1, 0.15) is 22.2 Å². The molecule has 21 heavy (non-hydrogen) atoms. The number of carboxylic acid groups (broad SMARTS) is 1.